The van der Waals surface area contributed by atoms with Crippen LogP contribution in [0.2, 0.25) is 0 Å². The van der Waals surface area contributed by atoms with Gasteiger partial charge in [-0.05, 0) is 85.5 Å². The molecule has 3 rings (SSSR count). The van der Waals surface area contributed by atoms with Crippen LogP contribution in [0.4, 0.5) is 0 Å². The first-order valence-electron chi connectivity index (χ1n) is 9.41. The fourth-order valence-electron chi connectivity index (χ4n) is 2.69. The molecule has 2 amide bonds. The normalized spacial score (nSPS) is 10.3. The molecule has 10 heteroatoms. The van der Waals surface area contributed by atoms with Gasteiger partial charge in [0.05, 0.1) is 8.95 Å². The molecule has 3 aromatic carbocycles. The first kappa shape index (κ1) is 24.0. The third kappa shape index (κ3) is 6.65. The van der Waals surface area contributed by atoms with Crippen LogP contribution < -0.4 is 25.6 Å². The van der Waals surface area contributed by atoms with Crippen molar-refractivity contribution in [2.45, 2.75) is 6.92 Å². The second-order valence-corrected chi connectivity index (χ2v) is 8.72. The fraction of sp³-hybridized carbons (Fsp3) is 0.136. The Morgan fingerprint density at radius 3 is 2.38 bits per heavy atom. The highest BCUT2D eigenvalue weighted by atomic mass is 79.9. The Bertz CT molecular complexity index is 1170. The second-order valence-electron chi connectivity index (χ2n) is 6.66. The zero-order valence-electron chi connectivity index (χ0n) is 16.9. The Labute approximate surface area is 207 Å². The summed E-state index contributed by atoms with van der Waals surface area (Å²) in [4.78, 5) is 24.0. The van der Waals surface area contributed by atoms with Crippen LogP contribution in [0.3, 0.4) is 0 Å². The summed E-state index contributed by atoms with van der Waals surface area (Å²) in [5.41, 5.74) is 5.87. The average molecular weight is 581 g/mol. The molecule has 0 spiro atoms. The van der Waals surface area contributed by atoms with Gasteiger partial charge in [-0.1, -0.05) is 36.4 Å². The van der Waals surface area contributed by atoms with E-state index in [9.17, 15) is 9.59 Å². The summed E-state index contributed by atoms with van der Waals surface area (Å²) in [5, 5.41) is 4.39. The lowest BCUT2D eigenvalue weighted by Crippen LogP contribution is -2.50. The van der Waals surface area contributed by atoms with E-state index in [0.717, 1.165) is 25.3 Å². The number of amides is 2. The van der Waals surface area contributed by atoms with E-state index in [1.807, 2.05) is 49.4 Å². The number of halogens is 2. The quantitative estimate of drug-likeness (QED) is 0.300. The van der Waals surface area contributed by atoms with Crippen molar-refractivity contribution in [3.8, 4) is 11.5 Å². The van der Waals surface area contributed by atoms with Gasteiger partial charge in [0.2, 0.25) is 0 Å². The molecule has 7 nitrogen and oxygen atoms in total. The lowest BCUT2D eigenvalue weighted by molar-refractivity contribution is -0.124. The third-order valence-electron chi connectivity index (χ3n) is 4.20. The highest BCUT2D eigenvalue weighted by Gasteiger charge is 2.11. The minimum Gasteiger partial charge on any atom is -0.483 e. The molecule has 3 N–H and O–H groups in total. The lowest BCUT2D eigenvalue weighted by atomic mass is 10.1. The molecular weight excluding hydrogens is 562 g/mol. The molecular formula is C22H19Br2N3O4S. The average Bonchev–Trinajstić information content (AvgIpc) is 2.77. The molecule has 0 atom stereocenters. The van der Waals surface area contributed by atoms with Crippen LogP contribution in [0.5, 0.6) is 11.5 Å². The van der Waals surface area contributed by atoms with Crippen molar-refractivity contribution in [1.82, 2.24) is 16.2 Å². The Hall–Kier alpha value is -2.69. The maximum atomic E-state index is 12.1. The van der Waals surface area contributed by atoms with Crippen molar-refractivity contribution in [2.75, 3.05) is 13.2 Å². The van der Waals surface area contributed by atoms with E-state index in [-0.39, 0.29) is 18.3 Å². The van der Waals surface area contributed by atoms with Crippen LogP contribution in [0.15, 0.2) is 63.5 Å². The Morgan fingerprint density at radius 1 is 0.906 bits per heavy atom. The highest BCUT2D eigenvalue weighted by Crippen LogP contribution is 2.33. The number of aryl methyl sites for hydroxylation is 1. The zero-order valence-corrected chi connectivity index (χ0v) is 20.9. The number of nitrogens with one attached hydrogen (secondary N) is 3. The van der Waals surface area contributed by atoms with Crippen molar-refractivity contribution in [3.05, 3.63) is 69.1 Å². The third-order valence-corrected chi connectivity index (χ3v) is 5.84. The van der Waals surface area contributed by atoms with Gasteiger partial charge in [-0.15, -0.1) is 0 Å². The molecule has 0 unspecified atom stereocenters. The largest absolute Gasteiger partial charge is 0.483 e. The van der Waals surface area contributed by atoms with Crippen LogP contribution in [-0.4, -0.2) is 30.1 Å². The number of thiocarbonyl (C=S) groups is 1. The van der Waals surface area contributed by atoms with E-state index in [1.165, 1.54) is 0 Å². The number of hydrogen-bond acceptors (Lipinski definition) is 5. The Balaban J connectivity index is 1.40. The number of hydrogen-bond donors (Lipinski definition) is 3. The lowest BCUT2D eigenvalue weighted by Gasteiger charge is -2.13. The van der Waals surface area contributed by atoms with Gasteiger partial charge in [0, 0.05) is 0 Å². The van der Waals surface area contributed by atoms with E-state index < -0.39 is 11.8 Å². The molecule has 3 aromatic rings. The number of carbonyl (C=O) groups is 2. The van der Waals surface area contributed by atoms with Gasteiger partial charge in [-0.3, -0.25) is 25.8 Å². The van der Waals surface area contributed by atoms with E-state index in [4.69, 9.17) is 21.7 Å². The van der Waals surface area contributed by atoms with Crippen LogP contribution in [-0.2, 0) is 9.59 Å². The number of carbonyl (C=O) groups excluding carboxylic acids is 2. The van der Waals surface area contributed by atoms with E-state index in [0.29, 0.717) is 11.5 Å². The van der Waals surface area contributed by atoms with Crippen LogP contribution >= 0.6 is 44.1 Å². The van der Waals surface area contributed by atoms with Gasteiger partial charge >= 0.3 is 0 Å². The van der Waals surface area contributed by atoms with Gasteiger partial charge in [-0.2, -0.15) is 0 Å². The van der Waals surface area contributed by atoms with Crippen LogP contribution in [0.25, 0.3) is 10.8 Å². The number of hydrazine groups is 1. The van der Waals surface area contributed by atoms with E-state index >= 15 is 0 Å². The standard InChI is InChI=1S/C22H19Br2N3O4S/c1-13-6-8-17(16(23)10-13)30-12-20(29)26-27-22(32)25-19(28)11-31-18-9-7-14-4-2-3-5-15(14)21(18)24/h2-10H,11-12H2,1H3,(H,26,29)(H2,25,27,28,32). The molecule has 166 valence electrons. The second kappa shape index (κ2) is 11.3. The summed E-state index contributed by atoms with van der Waals surface area (Å²) in [6, 6.07) is 17.0. The summed E-state index contributed by atoms with van der Waals surface area (Å²) >= 11 is 11.9. The van der Waals surface area contributed by atoms with Crippen molar-refractivity contribution < 1.29 is 19.1 Å². The maximum Gasteiger partial charge on any atom is 0.276 e. The summed E-state index contributed by atoms with van der Waals surface area (Å²) in [6.45, 7) is 1.47. The molecule has 0 aromatic heterocycles. The van der Waals surface area contributed by atoms with Crippen molar-refractivity contribution >= 4 is 71.8 Å². The first-order chi connectivity index (χ1) is 15.3. The topological polar surface area (TPSA) is 88.7 Å². The smallest absolute Gasteiger partial charge is 0.276 e. The molecule has 0 fully saturated rings. The molecule has 0 heterocycles. The number of fused-ring (bicyclic) bond motifs is 1. The van der Waals surface area contributed by atoms with Gasteiger partial charge in [-0.25, -0.2) is 0 Å². The summed E-state index contributed by atoms with van der Waals surface area (Å²) in [6.07, 6.45) is 0. The van der Waals surface area contributed by atoms with Crippen molar-refractivity contribution in [2.24, 2.45) is 0 Å². The highest BCUT2D eigenvalue weighted by molar-refractivity contribution is 9.11. The predicted octanol–water partition coefficient (Wildman–Crippen LogP) is 4.15. The van der Waals surface area contributed by atoms with Gasteiger partial charge in [0.15, 0.2) is 18.3 Å². The van der Waals surface area contributed by atoms with Gasteiger partial charge in [0.25, 0.3) is 11.8 Å². The molecule has 0 radical (unpaired) electrons. The summed E-state index contributed by atoms with van der Waals surface area (Å²) in [5.74, 6) is 0.131. The van der Waals surface area contributed by atoms with Crippen LogP contribution in [0, 0.1) is 6.92 Å². The molecule has 0 saturated carbocycles. The first-order valence-corrected chi connectivity index (χ1v) is 11.4. The summed E-state index contributed by atoms with van der Waals surface area (Å²) < 4.78 is 12.5. The molecule has 32 heavy (non-hydrogen) atoms. The number of benzene rings is 3. The zero-order chi connectivity index (χ0) is 23.1. The monoisotopic (exact) mass is 579 g/mol. The molecule has 0 aliphatic heterocycles. The SMILES string of the molecule is Cc1ccc(OCC(=O)NNC(=S)NC(=O)COc2ccc3ccccc3c2Br)c(Br)c1. The summed E-state index contributed by atoms with van der Waals surface area (Å²) in [7, 11) is 0. The van der Waals surface area contributed by atoms with Crippen LogP contribution in [0.1, 0.15) is 5.56 Å². The molecule has 0 aliphatic rings. The minimum atomic E-state index is -0.475. The number of ether oxygens (including phenoxy) is 2. The maximum absolute atomic E-state index is 12.1. The van der Waals surface area contributed by atoms with Gasteiger partial charge in [0.1, 0.15) is 11.5 Å². The molecule has 0 saturated heterocycles. The van der Waals surface area contributed by atoms with Gasteiger partial charge < -0.3 is 9.47 Å². The minimum absolute atomic E-state index is 0.0685. The fourth-order valence-corrected chi connectivity index (χ4v) is 4.07. The Kier molecular flexibility index (Phi) is 8.43. The number of rotatable bonds is 6. The van der Waals surface area contributed by atoms with Crippen molar-refractivity contribution in [3.63, 3.8) is 0 Å². The van der Waals surface area contributed by atoms with Crippen molar-refractivity contribution in [1.29, 1.82) is 0 Å². The van der Waals surface area contributed by atoms with E-state index in [2.05, 4.69) is 48.0 Å². The Morgan fingerprint density at radius 2 is 1.59 bits per heavy atom. The molecule has 0 aliphatic carbocycles. The van der Waals surface area contributed by atoms with E-state index in [1.54, 1.807) is 12.1 Å². The molecule has 0 bridgehead atoms. The predicted molar refractivity (Wildman–Crippen MR) is 134 cm³/mol.